The summed E-state index contributed by atoms with van der Waals surface area (Å²) in [7, 11) is 1.47. The number of carbonyl (C=O) groups is 1. The van der Waals surface area contributed by atoms with Crippen molar-refractivity contribution in [3.63, 3.8) is 0 Å². The van der Waals surface area contributed by atoms with E-state index in [9.17, 15) is 14.7 Å². The van der Waals surface area contributed by atoms with E-state index in [-0.39, 0.29) is 12.2 Å². The van der Waals surface area contributed by atoms with Gasteiger partial charge in [-0.3, -0.25) is 9.59 Å². The zero-order chi connectivity index (χ0) is 23.8. The fourth-order valence-corrected chi connectivity index (χ4v) is 4.08. The van der Waals surface area contributed by atoms with Gasteiger partial charge in [-0.1, -0.05) is 28.9 Å². The van der Waals surface area contributed by atoms with E-state index in [0.717, 1.165) is 21.9 Å². The number of halogens is 1. The smallest absolute Gasteiger partial charge is 0.278 e. The highest BCUT2D eigenvalue weighted by molar-refractivity contribution is 6.30. The molecule has 1 aliphatic heterocycles. The molecule has 2 aromatic carbocycles. The number of nitrogens with zero attached hydrogens (tertiary/aromatic N) is 4. The van der Waals surface area contributed by atoms with Gasteiger partial charge in [0.1, 0.15) is 17.1 Å². The quantitative estimate of drug-likeness (QED) is 0.478. The second-order valence-corrected chi connectivity index (χ2v) is 8.16. The molecular weight excluding hydrogens is 460 g/mol. The fourth-order valence-electron chi connectivity index (χ4n) is 3.96. The van der Waals surface area contributed by atoms with E-state index < -0.39 is 17.2 Å². The van der Waals surface area contributed by atoms with Crippen molar-refractivity contribution in [2.45, 2.75) is 13.0 Å². The number of rotatable bonds is 4. The zero-order valence-electron chi connectivity index (χ0n) is 18.1. The molecule has 0 spiro atoms. The van der Waals surface area contributed by atoms with Gasteiger partial charge < -0.3 is 19.3 Å². The van der Waals surface area contributed by atoms with Crippen LogP contribution < -0.4 is 10.3 Å². The van der Waals surface area contributed by atoms with E-state index in [4.69, 9.17) is 20.9 Å². The Hall–Kier alpha value is -4.11. The molecule has 3 heterocycles. The summed E-state index contributed by atoms with van der Waals surface area (Å²) in [6, 6.07) is 15.0. The molecule has 34 heavy (non-hydrogen) atoms. The minimum atomic E-state index is -0.594. The summed E-state index contributed by atoms with van der Waals surface area (Å²) >= 11 is 5.97. The van der Waals surface area contributed by atoms with Crippen molar-refractivity contribution in [2.24, 2.45) is 0 Å². The van der Waals surface area contributed by atoms with Gasteiger partial charge >= 0.3 is 0 Å². The number of methoxy groups -OCH3 is 1. The van der Waals surface area contributed by atoms with Gasteiger partial charge in [-0.25, -0.2) is 0 Å². The van der Waals surface area contributed by atoms with E-state index >= 15 is 0 Å². The maximum absolute atomic E-state index is 13.3. The Morgan fingerprint density at radius 2 is 1.94 bits per heavy atom. The number of amides is 1. The van der Waals surface area contributed by atoms with Crippen molar-refractivity contribution < 1.29 is 19.2 Å². The SMILES string of the molecule is COc1ccccc1-n1nc(C(=O)N2CCc3c(noc3-c3ccc(Cl)cc3)C2)c(O)cc1=O. The monoisotopic (exact) mass is 478 g/mol. The van der Waals surface area contributed by atoms with Crippen molar-refractivity contribution in [1.29, 1.82) is 0 Å². The van der Waals surface area contributed by atoms with Gasteiger partial charge in [0.05, 0.1) is 13.7 Å². The van der Waals surface area contributed by atoms with Crippen LogP contribution in [0.3, 0.4) is 0 Å². The molecule has 0 saturated heterocycles. The van der Waals surface area contributed by atoms with Crippen LogP contribution in [-0.2, 0) is 13.0 Å². The van der Waals surface area contributed by atoms with E-state index in [1.165, 1.54) is 12.0 Å². The standard InChI is InChI=1S/C24H19ClN4O5/c1-33-20-5-3-2-4-18(20)29-21(31)12-19(30)22(26-29)24(32)28-11-10-16-17(13-28)27-34-23(16)14-6-8-15(25)9-7-14/h2-9,12,30H,10-11,13H2,1H3. The van der Waals surface area contributed by atoms with Crippen LogP contribution in [0.15, 0.2) is 63.9 Å². The normalized spacial score (nSPS) is 12.9. The molecule has 0 fully saturated rings. The molecule has 1 amide bonds. The minimum absolute atomic E-state index is 0.181. The first kappa shape index (κ1) is 21.7. The third-order valence-corrected chi connectivity index (χ3v) is 5.92. The molecule has 0 saturated carbocycles. The van der Waals surface area contributed by atoms with Crippen LogP contribution >= 0.6 is 11.6 Å². The van der Waals surface area contributed by atoms with Crippen molar-refractivity contribution in [3.8, 4) is 28.5 Å². The fraction of sp³-hybridized carbons (Fsp3) is 0.167. The second-order valence-electron chi connectivity index (χ2n) is 7.72. The number of fused-ring (bicyclic) bond motifs is 1. The van der Waals surface area contributed by atoms with E-state index in [1.807, 2.05) is 12.1 Å². The summed E-state index contributed by atoms with van der Waals surface area (Å²) in [5, 5.41) is 19.3. The minimum Gasteiger partial charge on any atom is -0.505 e. The first-order valence-corrected chi connectivity index (χ1v) is 10.8. The predicted octanol–water partition coefficient (Wildman–Crippen LogP) is 3.45. The molecule has 0 atom stereocenters. The first-order valence-electron chi connectivity index (χ1n) is 10.5. The second kappa shape index (κ2) is 8.68. The van der Waals surface area contributed by atoms with Crippen LogP contribution in [0.1, 0.15) is 21.7 Å². The summed E-state index contributed by atoms with van der Waals surface area (Å²) in [5.41, 5.74) is 1.92. The van der Waals surface area contributed by atoms with Crippen LogP contribution in [0.2, 0.25) is 5.02 Å². The zero-order valence-corrected chi connectivity index (χ0v) is 18.8. The van der Waals surface area contributed by atoms with Gasteiger partial charge in [0.15, 0.2) is 17.2 Å². The number of aromatic hydroxyl groups is 1. The largest absolute Gasteiger partial charge is 0.505 e. The van der Waals surface area contributed by atoms with E-state index in [2.05, 4.69) is 10.3 Å². The summed E-state index contributed by atoms with van der Waals surface area (Å²) in [6.45, 7) is 0.544. The highest BCUT2D eigenvalue weighted by Gasteiger charge is 2.30. The molecular formula is C24H19ClN4O5. The number of aromatic nitrogens is 3. The Bertz CT molecular complexity index is 1440. The lowest BCUT2D eigenvalue weighted by atomic mass is 10.0. The predicted molar refractivity (Wildman–Crippen MR) is 123 cm³/mol. The van der Waals surface area contributed by atoms with Gasteiger partial charge in [0.2, 0.25) is 0 Å². The van der Waals surface area contributed by atoms with Crippen LogP contribution in [0, 0.1) is 0 Å². The summed E-state index contributed by atoms with van der Waals surface area (Å²) in [6.07, 6.45) is 0.509. The molecule has 9 nitrogen and oxygen atoms in total. The van der Waals surface area contributed by atoms with Crippen molar-refractivity contribution in [3.05, 3.63) is 86.9 Å². The topological polar surface area (TPSA) is 111 Å². The van der Waals surface area contributed by atoms with Crippen LogP contribution in [0.5, 0.6) is 11.5 Å². The molecule has 172 valence electrons. The Balaban J connectivity index is 1.45. The molecule has 2 aromatic heterocycles. The van der Waals surface area contributed by atoms with Gasteiger partial charge in [0.25, 0.3) is 11.5 Å². The number of hydrogen-bond donors (Lipinski definition) is 1. The maximum atomic E-state index is 13.3. The lowest BCUT2D eigenvalue weighted by molar-refractivity contribution is 0.0719. The summed E-state index contributed by atoms with van der Waals surface area (Å²) in [5.74, 6) is 0.0300. The van der Waals surface area contributed by atoms with Gasteiger partial charge in [-0.15, -0.1) is 0 Å². The van der Waals surface area contributed by atoms with E-state index in [1.54, 1.807) is 36.4 Å². The molecule has 0 bridgehead atoms. The molecule has 4 aromatic rings. The average Bonchev–Trinajstić information content (AvgIpc) is 3.27. The lowest BCUT2D eigenvalue weighted by Gasteiger charge is -2.26. The Morgan fingerprint density at radius 3 is 2.71 bits per heavy atom. The highest BCUT2D eigenvalue weighted by atomic mass is 35.5. The van der Waals surface area contributed by atoms with Crippen LogP contribution in [0.25, 0.3) is 17.0 Å². The highest BCUT2D eigenvalue weighted by Crippen LogP contribution is 2.32. The molecule has 1 aliphatic rings. The van der Waals surface area contributed by atoms with Crippen molar-refractivity contribution in [1.82, 2.24) is 19.8 Å². The van der Waals surface area contributed by atoms with Crippen molar-refractivity contribution in [2.75, 3.05) is 13.7 Å². The Morgan fingerprint density at radius 1 is 1.18 bits per heavy atom. The third kappa shape index (κ3) is 3.80. The number of para-hydroxylation sites is 2. The van der Waals surface area contributed by atoms with E-state index in [0.29, 0.717) is 40.9 Å². The lowest BCUT2D eigenvalue weighted by Crippen LogP contribution is -2.37. The molecule has 0 aliphatic carbocycles. The molecule has 10 heteroatoms. The average molecular weight is 479 g/mol. The van der Waals surface area contributed by atoms with Crippen molar-refractivity contribution >= 4 is 17.5 Å². The van der Waals surface area contributed by atoms with Gasteiger partial charge in [0, 0.05) is 28.8 Å². The summed E-state index contributed by atoms with van der Waals surface area (Å²) in [4.78, 5) is 27.3. The Labute approximate surface area is 198 Å². The van der Waals surface area contributed by atoms with Gasteiger partial charge in [-0.2, -0.15) is 9.78 Å². The van der Waals surface area contributed by atoms with Crippen LogP contribution in [-0.4, -0.2) is 44.5 Å². The number of benzene rings is 2. The molecule has 0 unspecified atom stereocenters. The molecule has 1 N–H and O–H groups in total. The molecule has 0 radical (unpaired) electrons. The number of carbonyl (C=O) groups excluding carboxylic acids is 1. The first-order chi connectivity index (χ1) is 16.5. The third-order valence-electron chi connectivity index (χ3n) is 5.66. The Kier molecular flexibility index (Phi) is 5.54. The molecule has 5 rings (SSSR count). The summed E-state index contributed by atoms with van der Waals surface area (Å²) < 4.78 is 11.9. The van der Waals surface area contributed by atoms with Gasteiger partial charge in [-0.05, 0) is 42.8 Å². The maximum Gasteiger partial charge on any atom is 0.278 e. The van der Waals surface area contributed by atoms with Crippen LogP contribution in [0.4, 0.5) is 0 Å². The number of hydrogen-bond acceptors (Lipinski definition) is 7. The number of ether oxygens (including phenoxy) is 1.